The first-order valence-electron chi connectivity index (χ1n) is 6.37. The second-order valence-electron chi connectivity index (χ2n) is 5.09. The number of anilines is 1. The smallest absolute Gasteiger partial charge is 0.225 e. The number of H-pyrrole nitrogens is 1. The molecule has 1 atom stereocenters. The first kappa shape index (κ1) is 10.6. The Hall–Kier alpha value is -1.52. The van der Waals surface area contributed by atoms with Crippen LogP contribution < -0.4 is 10.6 Å². The molecule has 92 valence electrons. The topological polar surface area (TPSA) is 69.8 Å². The predicted octanol–water partition coefficient (Wildman–Crippen LogP) is 0.910. The molecule has 3 N–H and O–H groups in total. The number of fused-ring (bicyclic) bond motifs is 1. The largest absolute Gasteiger partial charge is 0.369 e. The molecule has 0 aromatic carbocycles. The first-order valence-corrected chi connectivity index (χ1v) is 6.37. The van der Waals surface area contributed by atoms with Gasteiger partial charge in [0.2, 0.25) is 5.91 Å². The van der Waals surface area contributed by atoms with E-state index in [9.17, 15) is 4.79 Å². The number of carbonyl (C=O) groups excluding carboxylic acids is 1. The lowest BCUT2D eigenvalue weighted by Crippen LogP contribution is -2.40. The van der Waals surface area contributed by atoms with Crippen molar-refractivity contribution in [2.75, 3.05) is 18.4 Å². The van der Waals surface area contributed by atoms with Crippen LogP contribution in [0.1, 0.15) is 24.8 Å². The molecule has 5 heteroatoms. The van der Waals surface area contributed by atoms with Crippen molar-refractivity contribution >= 4 is 11.7 Å². The van der Waals surface area contributed by atoms with Gasteiger partial charge < -0.3 is 10.6 Å². The van der Waals surface area contributed by atoms with E-state index in [0.717, 1.165) is 30.3 Å². The summed E-state index contributed by atoms with van der Waals surface area (Å²) in [4.78, 5) is 12.0. The molecule has 0 bridgehead atoms. The van der Waals surface area contributed by atoms with Crippen molar-refractivity contribution in [3.63, 3.8) is 0 Å². The number of hydrogen-bond acceptors (Lipinski definition) is 3. The molecule has 2 heterocycles. The molecule has 5 nitrogen and oxygen atoms in total. The number of nitrogens with zero attached hydrogens (tertiary/aromatic N) is 1. The van der Waals surface area contributed by atoms with Crippen LogP contribution in [-0.2, 0) is 11.2 Å². The quantitative estimate of drug-likeness (QED) is 0.728. The number of amides is 1. The van der Waals surface area contributed by atoms with Crippen LogP contribution in [0.15, 0.2) is 6.20 Å². The number of carbonyl (C=O) groups is 1. The molecule has 1 amide bonds. The Morgan fingerprint density at radius 3 is 3.18 bits per heavy atom. The molecule has 3 rings (SSSR count). The van der Waals surface area contributed by atoms with E-state index in [0.29, 0.717) is 6.54 Å². The average Bonchev–Trinajstić information content (AvgIpc) is 2.73. The van der Waals surface area contributed by atoms with Gasteiger partial charge in [0.25, 0.3) is 0 Å². The Morgan fingerprint density at radius 2 is 2.41 bits per heavy atom. The van der Waals surface area contributed by atoms with Gasteiger partial charge in [-0.1, -0.05) is 6.42 Å². The van der Waals surface area contributed by atoms with Crippen LogP contribution in [-0.4, -0.2) is 29.2 Å². The fraction of sp³-hybridized carbons (Fsp3) is 0.667. The summed E-state index contributed by atoms with van der Waals surface area (Å²) < 4.78 is 0. The molecule has 1 aliphatic carbocycles. The van der Waals surface area contributed by atoms with E-state index in [1.165, 1.54) is 19.3 Å². The maximum absolute atomic E-state index is 12.0. The lowest BCUT2D eigenvalue weighted by atomic mass is 9.85. The molecular weight excluding hydrogens is 216 g/mol. The molecule has 2 aliphatic rings. The fourth-order valence-corrected chi connectivity index (χ4v) is 2.45. The van der Waals surface area contributed by atoms with Crippen molar-refractivity contribution in [2.45, 2.75) is 25.7 Å². The van der Waals surface area contributed by atoms with E-state index < -0.39 is 0 Å². The zero-order chi connectivity index (χ0) is 11.7. The van der Waals surface area contributed by atoms with Crippen molar-refractivity contribution in [2.24, 2.45) is 11.8 Å². The summed E-state index contributed by atoms with van der Waals surface area (Å²) >= 11 is 0. The van der Waals surface area contributed by atoms with Gasteiger partial charge in [-0.3, -0.25) is 9.89 Å². The van der Waals surface area contributed by atoms with Gasteiger partial charge in [0.1, 0.15) is 5.82 Å². The van der Waals surface area contributed by atoms with Crippen molar-refractivity contribution in [1.82, 2.24) is 15.5 Å². The highest BCUT2D eigenvalue weighted by atomic mass is 16.1. The van der Waals surface area contributed by atoms with Crippen LogP contribution >= 0.6 is 0 Å². The Kier molecular flexibility index (Phi) is 2.74. The zero-order valence-electron chi connectivity index (χ0n) is 9.83. The van der Waals surface area contributed by atoms with E-state index >= 15 is 0 Å². The summed E-state index contributed by atoms with van der Waals surface area (Å²) in [6.07, 6.45) is 6.46. The Labute approximate surface area is 100 Å². The molecular formula is C12H18N4O. The lowest BCUT2D eigenvalue weighted by Gasteiger charge is -2.27. The van der Waals surface area contributed by atoms with Crippen LogP contribution in [0.5, 0.6) is 0 Å². The van der Waals surface area contributed by atoms with Gasteiger partial charge in [0.05, 0.1) is 12.1 Å². The molecule has 1 aromatic rings. The summed E-state index contributed by atoms with van der Waals surface area (Å²) in [5, 5.41) is 13.1. The predicted molar refractivity (Wildman–Crippen MR) is 64.6 cm³/mol. The van der Waals surface area contributed by atoms with E-state index in [1.54, 1.807) is 6.20 Å². The van der Waals surface area contributed by atoms with Crippen LogP contribution in [0, 0.1) is 11.8 Å². The SMILES string of the molecule is O=C(NCC1CCC1)C1CNc2[nH]ncc2C1. The van der Waals surface area contributed by atoms with Crippen molar-refractivity contribution in [1.29, 1.82) is 0 Å². The first-order chi connectivity index (χ1) is 8.33. The molecule has 0 spiro atoms. The van der Waals surface area contributed by atoms with Crippen molar-refractivity contribution in [3.05, 3.63) is 11.8 Å². The van der Waals surface area contributed by atoms with Gasteiger partial charge in [-0.05, 0) is 25.2 Å². The Bertz CT molecular complexity index is 410. The minimum absolute atomic E-state index is 0.0418. The summed E-state index contributed by atoms with van der Waals surface area (Å²) in [5.41, 5.74) is 1.11. The van der Waals surface area contributed by atoms with Gasteiger partial charge >= 0.3 is 0 Å². The van der Waals surface area contributed by atoms with Crippen LogP contribution in [0.2, 0.25) is 0 Å². The highest BCUT2D eigenvalue weighted by Crippen LogP contribution is 2.26. The van der Waals surface area contributed by atoms with E-state index in [4.69, 9.17) is 0 Å². The normalized spacial score (nSPS) is 23.4. The molecule has 0 radical (unpaired) electrons. The summed E-state index contributed by atoms with van der Waals surface area (Å²) in [7, 11) is 0. The number of hydrogen-bond donors (Lipinski definition) is 3. The number of aromatic amines is 1. The van der Waals surface area contributed by atoms with E-state index in [-0.39, 0.29) is 11.8 Å². The van der Waals surface area contributed by atoms with Gasteiger partial charge in [-0.2, -0.15) is 5.10 Å². The minimum atomic E-state index is 0.0418. The third-order valence-corrected chi connectivity index (χ3v) is 3.87. The third kappa shape index (κ3) is 2.14. The zero-order valence-corrected chi connectivity index (χ0v) is 9.83. The molecule has 0 saturated heterocycles. The highest BCUT2D eigenvalue weighted by molar-refractivity contribution is 5.80. The monoisotopic (exact) mass is 234 g/mol. The average molecular weight is 234 g/mol. The lowest BCUT2D eigenvalue weighted by molar-refractivity contribution is -0.125. The Morgan fingerprint density at radius 1 is 1.53 bits per heavy atom. The second kappa shape index (κ2) is 4.39. The van der Waals surface area contributed by atoms with Crippen molar-refractivity contribution < 1.29 is 4.79 Å². The summed E-state index contributed by atoms with van der Waals surface area (Å²) in [5.74, 6) is 1.91. The molecule has 17 heavy (non-hydrogen) atoms. The number of rotatable bonds is 3. The molecule has 1 aliphatic heterocycles. The van der Waals surface area contributed by atoms with Gasteiger partial charge in [0, 0.05) is 18.7 Å². The van der Waals surface area contributed by atoms with Crippen LogP contribution in [0.4, 0.5) is 5.82 Å². The maximum Gasteiger partial charge on any atom is 0.225 e. The van der Waals surface area contributed by atoms with Crippen LogP contribution in [0.25, 0.3) is 0 Å². The standard InChI is InChI=1S/C12H18N4O/c17-12(14-5-8-2-1-3-8)10-4-9-7-15-16-11(9)13-6-10/h7-8,10H,1-6H2,(H,14,17)(H2,13,15,16). The second-order valence-corrected chi connectivity index (χ2v) is 5.09. The molecule has 1 saturated carbocycles. The minimum Gasteiger partial charge on any atom is -0.369 e. The van der Waals surface area contributed by atoms with Gasteiger partial charge in [0.15, 0.2) is 0 Å². The third-order valence-electron chi connectivity index (χ3n) is 3.87. The van der Waals surface area contributed by atoms with Crippen LogP contribution in [0.3, 0.4) is 0 Å². The van der Waals surface area contributed by atoms with Gasteiger partial charge in [-0.25, -0.2) is 0 Å². The molecule has 1 unspecified atom stereocenters. The summed E-state index contributed by atoms with van der Waals surface area (Å²) in [6.45, 7) is 1.55. The highest BCUT2D eigenvalue weighted by Gasteiger charge is 2.26. The van der Waals surface area contributed by atoms with E-state index in [2.05, 4.69) is 20.8 Å². The number of nitrogens with one attached hydrogen (secondary N) is 3. The fourth-order valence-electron chi connectivity index (χ4n) is 2.45. The Balaban J connectivity index is 1.53. The van der Waals surface area contributed by atoms with E-state index in [1.807, 2.05) is 0 Å². The van der Waals surface area contributed by atoms with Crippen molar-refractivity contribution in [3.8, 4) is 0 Å². The van der Waals surface area contributed by atoms with Gasteiger partial charge in [-0.15, -0.1) is 0 Å². The maximum atomic E-state index is 12.0. The molecule has 1 fully saturated rings. The summed E-state index contributed by atoms with van der Waals surface area (Å²) in [6, 6.07) is 0. The molecule has 1 aromatic heterocycles. The number of aromatic nitrogens is 2.